The Labute approximate surface area is 125 Å². The van der Waals surface area contributed by atoms with E-state index in [2.05, 4.69) is 17.9 Å². The van der Waals surface area contributed by atoms with Crippen LogP contribution in [0.3, 0.4) is 0 Å². The molecule has 1 fully saturated rings. The molecule has 0 amide bonds. The molecule has 1 saturated heterocycles. The summed E-state index contributed by atoms with van der Waals surface area (Å²) >= 11 is 0. The summed E-state index contributed by atoms with van der Waals surface area (Å²) in [6.45, 7) is 6.07. The second kappa shape index (κ2) is 6.23. The maximum Gasteiger partial charge on any atom is 0.269 e. The number of nitro benzene ring substituents is 1. The van der Waals surface area contributed by atoms with Gasteiger partial charge in [0.2, 0.25) is 0 Å². The Morgan fingerprint density at radius 2 is 2.14 bits per heavy atom. The van der Waals surface area contributed by atoms with Gasteiger partial charge in [0, 0.05) is 25.1 Å². The number of rotatable bonds is 4. The lowest BCUT2D eigenvalue weighted by Crippen LogP contribution is -2.51. The van der Waals surface area contributed by atoms with Crippen LogP contribution in [-0.2, 0) is 6.42 Å². The average Bonchev–Trinajstić information content (AvgIpc) is 2.47. The number of hydrogen-bond acceptors (Lipinski definition) is 4. The van der Waals surface area contributed by atoms with Crippen molar-refractivity contribution in [2.75, 3.05) is 13.1 Å². The first-order valence-electron chi connectivity index (χ1n) is 7.34. The second-order valence-electron chi connectivity index (χ2n) is 6.18. The predicted molar refractivity (Wildman–Crippen MR) is 80.8 cm³/mol. The minimum atomic E-state index is -0.551. The maximum absolute atomic E-state index is 10.7. The number of nitrogens with zero attached hydrogens (tertiary/aromatic N) is 3. The van der Waals surface area contributed by atoms with Crippen molar-refractivity contribution in [1.29, 1.82) is 5.26 Å². The van der Waals surface area contributed by atoms with Gasteiger partial charge in [-0.1, -0.05) is 19.1 Å². The van der Waals surface area contributed by atoms with Crippen molar-refractivity contribution in [2.24, 2.45) is 5.92 Å². The summed E-state index contributed by atoms with van der Waals surface area (Å²) in [6.07, 6.45) is 2.93. The van der Waals surface area contributed by atoms with Crippen LogP contribution in [-0.4, -0.2) is 28.5 Å². The van der Waals surface area contributed by atoms with Crippen LogP contribution in [0.1, 0.15) is 32.3 Å². The first-order valence-corrected chi connectivity index (χ1v) is 7.34. The Morgan fingerprint density at radius 1 is 1.48 bits per heavy atom. The van der Waals surface area contributed by atoms with E-state index >= 15 is 0 Å². The van der Waals surface area contributed by atoms with Crippen molar-refractivity contribution in [3.8, 4) is 6.07 Å². The maximum atomic E-state index is 10.7. The molecule has 1 aromatic rings. The highest BCUT2D eigenvalue weighted by molar-refractivity contribution is 5.34. The molecule has 1 aliphatic heterocycles. The predicted octanol–water partition coefficient (Wildman–Crippen LogP) is 3.15. The van der Waals surface area contributed by atoms with Crippen molar-refractivity contribution >= 4 is 5.69 Å². The van der Waals surface area contributed by atoms with Crippen LogP contribution in [0.15, 0.2) is 24.3 Å². The average molecular weight is 287 g/mol. The summed E-state index contributed by atoms with van der Waals surface area (Å²) in [7, 11) is 0. The largest absolute Gasteiger partial charge is 0.285 e. The highest BCUT2D eigenvalue weighted by atomic mass is 16.6. The van der Waals surface area contributed by atoms with Crippen LogP contribution < -0.4 is 0 Å². The molecule has 0 aliphatic carbocycles. The normalized spacial score (nSPS) is 22.2. The van der Waals surface area contributed by atoms with E-state index in [9.17, 15) is 15.4 Å². The Morgan fingerprint density at radius 3 is 2.67 bits per heavy atom. The Hall–Kier alpha value is -1.93. The third kappa shape index (κ3) is 3.59. The lowest BCUT2D eigenvalue weighted by atomic mass is 9.88. The molecule has 0 N–H and O–H groups in total. The van der Waals surface area contributed by atoms with Gasteiger partial charge in [0.1, 0.15) is 5.54 Å². The van der Waals surface area contributed by atoms with Gasteiger partial charge in [0.15, 0.2) is 0 Å². The van der Waals surface area contributed by atoms with Gasteiger partial charge < -0.3 is 0 Å². The lowest BCUT2D eigenvalue weighted by molar-refractivity contribution is -0.384. The highest BCUT2D eigenvalue weighted by Gasteiger charge is 2.34. The fraction of sp³-hybridized carbons (Fsp3) is 0.562. The Balaban J connectivity index is 2.14. The molecule has 2 atom stereocenters. The molecule has 1 heterocycles. The van der Waals surface area contributed by atoms with Crippen molar-refractivity contribution in [1.82, 2.24) is 4.90 Å². The number of non-ortho nitro benzene ring substituents is 1. The Bertz CT molecular complexity index is 550. The van der Waals surface area contributed by atoms with E-state index in [1.807, 2.05) is 6.92 Å². The summed E-state index contributed by atoms with van der Waals surface area (Å²) in [6, 6.07) is 8.96. The van der Waals surface area contributed by atoms with Gasteiger partial charge >= 0.3 is 0 Å². The van der Waals surface area contributed by atoms with Crippen LogP contribution in [0, 0.1) is 27.4 Å². The zero-order chi connectivity index (χ0) is 15.5. The highest BCUT2D eigenvalue weighted by Crippen LogP contribution is 2.27. The molecule has 5 nitrogen and oxygen atoms in total. The minimum Gasteiger partial charge on any atom is -0.285 e. The second-order valence-corrected chi connectivity index (χ2v) is 6.18. The minimum absolute atomic E-state index is 0.0870. The van der Waals surface area contributed by atoms with E-state index in [1.165, 1.54) is 18.6 Å². The molecule has 0 aromatic heterocycles. The Kier molecular flexibility index (Phi) is 4.59. The van der Waals surface area contributed by atoms with Crippen LogP contribution in [0.25, 0.3) is 0 Å². The fourth-order valence-corrected chi connectivity index (χ4v) is 2.99. The van der Waals surface area contributed by atoms with Crippen molar-refractivity contribution in [3.63, 3.8) is 0 Å². The summed E-state index contributed by atoms with van der Waals surface area (Å²) in [5, 5.41) is 20.3. The molecule has 21 heavy (non-hydrogen) atoms. The molecule has 2 unspecified atom stereocenters. The zero-order valence-electron chi connectivity index (χ0n) is 12.6. The molecule has 0 bridgehead atoms. The van der Waals surface area contributed by atoms with Gasteiger partial charge in [-0.2, -0.15) is 5.26 Å². The van der Waals surface area contributed by atoms with Gasteiger partial charge in [0.05, 0.1) is 11.0 Å². The topological polar surface area (TPSA) is 70.2 Å². The van der Waals surface area contributed by atoms with Crippen molar-refractivity contribution in [2.45, 2.75) is 38.6 Å². The van der Waals surface area contributed by atoms with Crippen molar-refractivity contribution < 1.29 is 4.92 Å². The van der Waals surface area contributed by atoms with E-state index < -0.39 is 10.5 Å². The molecule has 112 valence electrons. The van der Waals surface area contributed by atoms with Gasteiger partial charge in [-0.3, -0.25) is 15.0 Å². The SMILES string of the molecule is CC1CCCN(C(C)(C#N)Cc2ccc([N+](=O)[O-])cc2)C1. The van der Waals surface area contributed by atoms with E-state index in [0.717, 1.165) is 25.1 Å². The first kappa shape index (κ1) is 15.5. The van der Waals surface area contributed by atoms with Crippen molar-refractivity contribution in [3.05, 3.63) is 39.9 Å². The number of nitro groups is 1. The monoisotopic (exact) mass is 287 g/mol. The van der Waals surface area contributed by atoms with Crippen LogP contribution in [0.4, 0.5) is 5.69 Å². The van der Waals surface area contributed by atoms with E-state index in [1.54, 1.807) is 12.1 Å². The third-order valence-corrected chi connectivity index (χ3v) is 4.29. The standard InChI is InChI=1S/C16H21N3O2/c1-13-4-3-9-18(11-13)16(2,12-17)10-14-5-7-15(8-6-14)19(20)21/h5-8,13H,3-4,9-11H2,1-2H3. The molecule has 1 aromatic carbocycles. The number of hydrogen-bond donors (Lipinski definition) is 0. The smallest absolute Gasteiger partial charge is 0.269 e. The van der Waals surface area contributed by atoms with E-state index in [-0.39, 0.29) is 5.69 Å². The first-order chi connectivity index (χ1) is 9.94. The fourth-order valence-electron chi connectivity index (χ4n) is 2.99. The summed E-state index contributed by atoms with van der Waals surface area (Å²) in [5.74, 6) is 0.614. The van der Waals surface area contributed by atoms with E-state index in [4.69, 9.17) is 0 Å². The van der Waals surface area contributed by atoms with E-state index in [0.29, 0.717) is 12.3 Å². The molecule has 0 saturated carbocycles. The summed E-state index contributed by atoms with van der Waals surface area (Å²) < 4.78 is 0. The van der Waals surface area contributed by atoms with Crippen LogP contribution in [0.5, 0.6) is 0 Å². The number of piperidine rings is 1. The summed E-state index contributed by atoms with van der Waals surface area (Å²) in [4.78, 5) is 12.5. The van der Waals surface area contributed by atoms with Crippen LogP contribution in [0.2, 0.25) is 0 Å². The molecule has 0 radical (unpaired) electrons. The number of benzene rings is 1. The third-order valence-electron chi connectivity index (χ3n) is 4.29. The molecule has 0 spiro atoms. The molecular weight excluding hydrogens is 266 g/mol. The molecule has 5 heteroatoms. The molecule has 2 rings (SSSR count). The molecular formula is C16H21N3O2. The van der Waals surface area contributed by atoms with Gasteiger partial charge in [-0.25, -0.2) is 0 Å². The van der Waals surface area contributed by atoms with Crippen LogP contribution >= 0.6 is 0 Å². The van der Waals surface area contributed by atoms with Gasteiger partial charge in [0.25, 0.3) is 5.69 Å². The zero-order valence-corrected chi connectivity index (χ0v) is 12.6. The quantitative estimate of drug-likeness (QED) is 0.630. The van der Waals surface area contributed by atoms with Gasteiger partial charge in [-0.15, -0.1) is 0 Å². The number of nitriles is 1. The summed E-state index contributed by atoms with van der Waals surface area (Å²) in [5.41, 5.74) is 0.497. The number of likely N-dealkylation sites (tertiary alicyclic amines) is 1. The lowest BCUT2D eigenvalue weighted by Gasteiger charge is -2.41. The van der Waals surface area contributed by atoms with Gasteiger partial charge in [-0.05, 0) is 37.8 Å². The molecule has 1 aliphatic rings.